The molecule has 0 N–H and O–H groups in total. The molecule has 0 atom stereocenters. The molecule has 5 nitrogen and oxygen atoms in total. The predicted molar refractivity (Wildman–Crippen MR) is 111 cm³/mol. The molecule has 0 spiro atoms. The Morgan fingerprint density at radius 3 is 2.39 bits per heavy atom. The number of nitrogens with zero attached hydrogens (tertiary/aromatic N) is 3. The minimum absolute atomic E-state index is 0.0850. The highest BCUT2D eigenvalue weighted by atomic mass is 16.5. The molecule has 1 amide bonds. The van der Waals surface area contributed by atoms with Gasteiger partial charge >= 0.3 is 0 Å². The molecule has 1 aromatic heterocycles. The number of aromatic nitrogens is 2. The zero-order valence-corrected chi connectivity index (χ0v) is 17.6. The van der Waals surface area contributed by atoms with Gasteiger partial charge in [0, 0.05) is 18.8 Å². The Kier molecular flexibility index (Phi) is 6.89. The van der Waals surface area contributed by atoms with Crippen LogP contribution in [-0.2, 0) is 16.1 Å². The van der Waals surface area contributed by atoms with Gasteiger partial charge in [0.15, 0.2) is 0 Å². The van der Waals surface area contributed by atoms with Crippen molar-refractivity contribution in [2.45, 2.75) is 65.0 Å². The van der Waals surface area contributed by atoms with E-state index in [1.807, 2.05) is 35.2 Å². The van der Waals surface area contributed by atoms with Crippen LogP contribution in [0.3, 0.4) is 0 Å². The Bertz CT molecular complexity index is 759. The summed E-state index contributed by atoms with van der Waals surface area (Å²) in [5.74, 6) is 0.968. The van der Waals surface area contributed by atoms with Gasteiger partial charge in [-0.05, 0) is 36.3 Å². The molecule has 2 aromatic rings. The summed E-state index contributed by atoms with van der Waals surface area (Å²) in [5.41, 5.74) is 3.56. The number of hydrogen-bond acceptors (Lipinski definition) is 3. The van der Waals surface area contributed by atoms with Crippen molar-refractivity contribution in [1.82, 2.24) is 14.7 Å². The highest BCUT2D eigenvalue weighted by Gasteiger charge is 2.27. The third-order valence-electron chi connectivity index (χ3n) is 5.47. The number of hydrogen-bond donors (Lipinski definition) is 0. The highest BCUT2D eigenvalue weighted by molar-refractivity contribution is 5.77. The first-order chi connectivity index (χ1) is 13.5. The lowest BCUT2D eigenvalue weighted by Crippen LogP contribution is -2.41. The fourth-order valence-electron chi connectivity index (χ4n) is 3.72. The van der Waals surface area contributed by atoms with Crippen molar-refractivity contribution >= 4 is 5.91 Å². The van der Waals surface area contributed by atoms with E-state index in [0.29, 0.717) is 24.5 Å². The summed E-state index contributed by atoms with van der Waals surface area (Å²) < 4.78 is 7.85. The molecule has 2 heterocycles. The molecule has 0 aliphatic carbocycles. The second-order valence-electron chi connectivity index (χ2n) is 8.34. The molecular weight excluding hydrogens is 350 g/mol. The van der Waals surface area contributed by atoms with Gasteiger partial charge in [-0.25, -0.2) is 0 Å². The van der Waals surface area contributed by atoms with Crippen molar-refractivity contribution in [2.24, 2.45) is 0 Å². The lowest BCUT2D eigenvalue weighted by molar-refractivity contribution is -0.137. The fraction of sp³-hybridized carbons (Fsp3) is 0.565. The van der Waals surface area contributed by atoms with E-state index >= 15 is 0 Å². The van der Waals surface area contributed by atoms with Gasteiger partial charge < -0.3 is 9.64 Å². The van der Waals surface area contributed by atoms with Crippen LogP contribution < -0.4 is 0 Å². The number of ether oxygens (including phenoxy) is 1. The average Bonchev–Trinajstić information content (AvgIpc) is 3.15. The fourth-order valence-corrected chi connectivity index (χ4v) is 3.72. The van der Waals surface area contributed by atoms with Crippen molar-refractivity contribution in [3.05, 3.63) is 53.3 Å². The van der Waals surface area contributed by atoms with Crippen molar-refractivity contribution in [3.63, 3.8) is 0 Å². The topological polar surface area (TPSA) is 47.4 Å². The second-order valence-corrected chi connectivity index (χ2v) is 8.34. The number of amides is 1. The number of carbonyl (C=O) groups excluding carboxylic acids is 1. The van der Waals surface area contributed by atoms with Crippen LogP contribution in [0.15, 0.2) is 36.4 Å². The van der Waals surface area contributed by atoms with E-state index in [2.05, 4.69) is 38.4 Å². The minimum Gasteiger partial charge on any atom is -0.367 e. The predicted octanol–water partition coefficient (Wildman–Crippen LogP) is 4.51. The zero-order valence-electron chi connectivity index (χ0n) is 17.6. The minimum atomic E-state index is 0.0850. The number of benzene rings is 1. The number of carbonyl (C=O) groups is 1. The van der Waals surface area contributed by atoms with Crippen molar-refractivity contribution in [3.8, 4) is 0 Å². The third kappa shape index (κ3) is 5.02. The van der Waals surface area contributed by atoms with E-state index in [1.54, 1.807) is 0 Å². The van der Waals surface area contributed by atoms with Crippen LogP contribution in [0.1, 0.15) is 75.4 Å². The highest BCUT2D eigenvalue weighted by Crippen LogP contribution is 2.29. The quantitative estimate of drug-likeness (QED) is 0.707. The van der Waals surface area contributed by atoms with Gasteiger partial charge in [-0.15, -0.1) is 0 Å². The Balaban J connectivity index is 1.52. The van der Waals surface area contributed by atoms with Gasteiger partial charge in [-0.2, -0.15) is 5.10 Å². The molecule has 0 bridgehead atoms. The summed E-state index contributed by atoms with van der Waals surface area (Å²) in [6.07, 6.45) is 1.90. The van der Waals surface area contributed by atoms with E-state index in [-0.39, 0.29) is 12.5 Å². The van der Waals surface area contributed by atoms with Crippen molar-refractivity contribution in [1.29, 1.82) is 0 Å². The molecule has 3 rings (SSSR count). The summed E-state index contributed by atoms with van der Waals surface area (Å²) >= 11 is 0. The molecule has 152 valence electrons. The van der Waals surface area contributed by atoms with Crippen LogP contribution in [0.5, 0.6) is 0 Å². The van der Waals surface area contributed by atoms with E-state index in [9.17, 15) is 4.79 Å². The van der Waals surface area contributed by atoms with Crippen LogP contribution in [0.4, 0.5) is 0 Å². The maximum Gasteiger partial charge on any atom is 0.248 e. The molecule has 28 heavy (non-hydrogen) atoms. The standard InChI is InChI=1S/C23H33N3O2/c1-17(2)21-14-22(18(3)4)26(24-21)20-10-12-25(13-11-20)23(27)16-28-15-19-8-6-5-7-9-19/h5-9,14,17-18,20H,10-13,15-16H2,1-4H3. The molecule has 0 unspecified atom stereocenters. The lowest BCUT2D eigenvalue weighted by atomic mass is 10.0. The van der Waals surface area contributed by atoms with Crippen LogP contribution in [0, 0.1) is 0 Å². The summed E-state index contributed by atoms with van der Waals surface area (Å²) in [4.78, 5) is 14.4. The van der Waals surface area contributed by atoms with E-state index in [1.165, 1.54) is 5.69 Å². The van der Waals surface area contributed by atoms with E-state index < -0.39 is 0 Å². The van der Waals surface area contributed by atoms with Gasteiger partial charge in [0.1, 0.15) is 6.61 Å². The molecule has 1 aliphatic rings. The SMILES string of the molecule is CC(C)c1cc(C(C)C)n(C2CCN(C(=O)COCc3ccccc3)CC2)n1. The molecule has 5 heteroatoms. The Morgan fingerprint density at radius 1 is 1.11 bits per heavy atom. The van der Waals surface area contributed by atoms with Gasteiger partial charge in [0.25, 0.3) is 0 Å². The molecule has 1 aliphatic heterocycles. The summed E-state index contributed by atoms with van der Waals surface area (Å²) in [5, 5.41) is 4.90. The Morgan fingerprint density at radius 2 is 1.79 bits per heavy atom. The van der Waals surface area contributed by atoms with Gasteiger partial charge in [-0.3, -0.25) is 9.48 Å². The molecular formula is C23H33N3O2. The molecule has 1 saturated heterocycles. The maximum atomic E-state index is 12.5. The number of rotatable bonds is 7. The largest absolute Gasteiger partial charge is 0.367 e. The molecule has 0 saturated carbocycles. The van der Waals surface area contributed by atoms with Gasteiger partial charge in [0.2, 0.25) is 5.91 Å². The Labute approximate surface area is 168 Å². The monoisotopic (exact) mass is 383 g/mol. The summed E-state index contributed by atoms with van der Waals surface area (Å²) in [6.45, 7) is 11.0. The van der Waals surface area contributed by atoms with Crippen molar-refractivity contribution < 1.29 is 9.53 Å². The van der Waals surface area contributed by atoms with E-state index in [4.69, 9.17) is 9.84 Å². The molecule has 1 aromatic carbocycles. The first-order valence-electron chi connectivity index (χ1n) is 10.4. The smallest absolute Gasteiger partial charge is 0.248 e. The van der Waals surface area contributed by atoms with E-state index in [0.717, 1.165) is 37.2 Å². The molecule has 0 radical (unpaired) electrons. The first kappa shape index (κ1) is 20.6. The maximum absolute atomic E-state index is 12.5. The number of likely N-dealkylation sites (tertiary alicyclic amines) is 1. The summed E-state index contributed by atoms with van der Waals surface area (Å²) in [7, 11) is 0. The first-order valence-corrected chi connectivity index (χ1v) is 10.4. The van der Waals surface area contributed by atoms with Gasteiger partial charge in [0.05, 0.1) is 18.3 Å². The van der Waals surface area contributed by atoms with Crippen LogP contribution in [0.25, 0.3) is 0 Å². The van der Waals surface area contributed by atoms with Crippen molar-refractivity contribution in [2.75, 3.05) is 19.7 Å². The normalized spacial score (nSPS) is 15.6. The molecule has 1 fully saturated rings. The zero-order chi connectivity index (χ0) is 20.1. The third-order valence-corrected chi connectivity index (χ3v) is 5.47. The van der Waals surface area contributed by atoms with Gasteiger partial charge in [-0.1, -0.05) is 58.0 Å². The summed E-state index contributed by atoms with van der Waals surface area (Å²) in [6, 6.07) is 12.6. The lowest BCUT2D eigenvalue weighted by Gasteiger charge is -2.33. The van der Waals surface area contributed by atoms with Crippen LogP contribution >= 0.6 is 0 Å². The number of piperidine rings is 1. The average molecular weight is 384 g/mol. The second kappa shape index (κ2) is 9.37. The van der Waals surface area contributed by atoms with Crippen LogP contribution in [-0.4, -0.2) is 40.3 Å². The Hall–Kier alpha value is -2.14. The van der Waals surface area contributed by atoms with Crippen LogP contribution in [0.2, 0.25) is 0 Å².